The Morgan fingerprint density at radius 2 is 1.24 bits per heavy atom. The van der Waals surface area contributed by atoms with Crippen LogP contribution in [0.25, 0.3) is 21.5 Å². The Morgan fingerprint density at radius 3 is 1.55 bits per heavy atom. The number of hydrogen-bond acceptors (Lipinski definition) is 0. The summed E-state index contributed by atoms with van der Waals surface area (Å²) >= 11 is 2.19. The van der Waals surface area contributed by atoms with Crippen LogP contribution in [0.3, 0.4) is 0 Å². The number of fused-ring (bicyclic) bond motifs is 3. The molecule has 3 aromatic carbocycles. The maximum absolute atomic E-state index is 2.99. The number of benzene rings is 2. The smallest absolute Gasteiger partial charge is 0.0175 e. The van der Waals surface area contributed by atoms with E-state index in [-0.39, 0.29) is 24.8 Å². The van der Waals surface area contributed by atoms with Crippen molar-refractivity contribution in [2.45, 2.75) is 109 Å². The molecule has 2 saturated carbocycles. The molecule has 0 unspecified atom stereocenters. The monoisotopic (exact) mass is 582 g/mol. The summed E-state index contributed by atoms with van der Waals surface area (Å²) in [5, 5.41) is 5.84. The summed E-state index contributed by atoms with van der Waals surface area (Å²) in [6.45, 7) is 4.39. The van der Waals surface area contributed by atoms with Gasteiger partial charge in [-0.2, -0.15) is 6.08 Å². The Labute approximate surface area is 255 Å². The average molecular weight is 584 g/mol. The topological polar surface area (TPSA) is 0 Å². The van der Waals surface area contributed by atoms with Crippen molar-refractivity contribution < 1.29 is 44.8 Å². The van der Waals surface area contributed by atoms with Gasteiger partial charge in [-0.1, -0.05) is 73.9 Å². The number of rotatable bonds is 4. The third-order valence-corrected chi connectivity index (χ3v) is 9.45. The Bertz CT molecular complexity index is 1090. The van der Waals surface area contributed by atoms with Gasteiger partial charge in [0.05, 0.1) is 0 Å². The Balaban J connectivity index is 0.000000330. The van der Waals surface area contributed by atoms with Crippen molar-refractivity contribution in [1.29, 1.82) is 0 Å². The van der Waals surface area contributed by atoms with E-state index in [9.17, 15) is 0 Å². The van der Waals surface area contributed by atoms with Crippen LogP contribution in [0.2, 0.25) is 0 Å². The predicted octanol–water partition coefficient (Wildman–Crippen LogP) is 4.65. The van der Waals surface area contributed by atoms with Gasteiger partial charge in [-0.3, -0.25) is 6.08 Å². The predicted molar refractivity (Wildman–Crippen MR) is 156 cm³/mol. The van der Waals surface area contributed by atoms with Crippen LogP contribution in [-0.4, -0.2) is 3.81 Å². The molecule has 0 aromatic heterocycles. The molecule has 3 aliphatic carbocycles. The van der Waals surface area contributed by atoms with Gasteiger partial charge in [0.1, 0.15) is 0 Å². The largest absolute Gasteiger partial charge is 1.00 e. The molecule has 0 aliphatic heterocycles. The fourth-order valence-corrected chi connectivity index (χ4v) is 6.00. The minimum Gasteiger partial charge on any atom is -1.00 e. The number of halogens is 2. The van der Waals surface area contributed by atoms with Crippen LogP contribution in [0, 0.1) is 6.08 Å². The van der Waals surface area contributed by atoms with Crippen molar-refractivity contribution >= 4 is 25.4 Å². The van der Waals surface area contributed by atoms with Crippen LogP contribution in [0.15, 0.2) is 60.7 Å². The van der Waals surface area contributed by atoms with E-state index in [1.54, 1.807) is 14.9 Å². The molecule has 0 amide bonds. The van der Waals surface area contributed by atoms with Gasteiger partial charge in [-0.05, 0) is 37.5 Å². The first kappa shape index (κ1) is 33.2. The van der Waals surface area contributed by atoms with Gasteiger partial charge in [0.15, 0.2) is 0 Å². The zero-order valence-electron chi connectivity index (χ0n) is 23.4. The van der Waals surface area contributed by atoms with Crippen molar-refractivity contribution in [3.8, 4) is 0 Å². The quantitative estimate of drug-likeness (QED) is 0.310. The van der Waals surface area contributed by atoms with Crippen LogP contribution in [0.5, 0.6) is 0 Å². The Kier molecular flexibility index (Phi) is 15.4. The maximum Gasteiger partial charge on any atom is -0.0175 e. The van der Waals surface area contributed by atoms with E-state index in [2.05, 4.69) is 88.4 Å². The molecular weight excluding hydrogens is 539 g/mol. The van der Waals surface area contributed by atoms with Crippen LogP contribution >= 0.6 is 0 Å². The van der Waals surface area contributed by atoms with Crippen molar-refractivity contribution in [3.63, 3.8) is 0 Å². The molecular formula is C35H44Cl2Ti-2. The third kappa shape index (κ3) is 9.26. The molecule has 0 N–H and O–H groups in total. The number of allylic oxidation sites excluding steroid dienone is 4. The van der Waals surface area contributed by atoms with E-state index in [4.69, 9.17) is 0 Å². The van der Waals surface area contributed by atoms with Crippen LogP contribution < -0.4 is 24.8 Å². The van der Waals surface area contributed by atoms with Crippen molar-refractivity contribution in [2.75, 3.05) is 0 Å². The fraction of sp³-hybridized carbons (Fsp3) is 0.486. The van der Waals surface area contributed by atoms with Gasteiger partial charge in [0, 0.05) is 0 Å². The molecule has 3 heteroatoms. The van der Waals surface area contributed by atoms with Gasteiger partial charge in [0.2, 0.25) is 0 Å². The van der Waals surface area contributed by atoms with Crippen LogP contribution in [-0.2, 0) is 20.0 Å². The summed E-state index contributed by atoms with van der Waals surface area (Å²) in [5.74, 6) is 1.59. The molecule has 3 aromatic rings. The van der Waals surface area contributed by atoms with Crippen LogP contribution in [0.4, 0.5) is 0 Å². The molecule has 3 aliphatic rings. The molecule has 204 valence electrons. The van der Waals surface area contributed by atoms with Gasteiger partial charge >= 0.3 is 50.5 Å². The molecule has 38 heavy (non-hydrogen) atoms. The van der Waals surface area contributed by atoms with Crippen LogP contribution in [0.1, 0.15) is 120 Å². The van der Waals surface area contributed by atoms with Crippen molar-refractivity contribution in [1.82, 2.24) is 0 Å². The first-order valence-electron chi connectivity index (χ1n) is 14.6. The molecule has 0 atom stereocenters. The summed E-state index contributed by atoms with van der Waals surface area (Å²) in [7, 11) is 0. The van der Waals surface area contributed by atoms with Gasteiger partial charge < -0.3 is 24.8 Å². The minimum atomic E-state index is 0. The Hall–Kier alpha value is -1.05. The summed E-state index contributed by atoms with van der Waals surface area (Å²) in [6.07, 6.45) is 26.6. The molecule has 0 saturated heterocycles. The molecule has 0 heterocycles. The molecule has 0 bridgehead atoms. The van der Waals surface area contributed by atoms with E-state index < -0.39 is 0 Å². The molecule has 0 spiro atoms. The van der Waals surface area contributed by atoms with E-state index in [1.807, 2.05) is 12.2 Å². The zero-order chi connectivity index (χ0) is 25.2. The first-order valence-corrected chi connectivity index (χ1v) is 15.4. The van der Waals surface area contributed by atoms with Crippen molar-refractivity contribution in [2.24, 2.45) is 0 Å². The summed E-state index contributed by atoms with van der Waals surface area (Å²) in [4.78, 5) is 0. The van der Waals surface area contributed by atoms with Gasteiger partial charge in [-0.25, -0.2) is 12.2 Å². The fourth-order valence-electron chi connectivity index (χ4n) is 6.00. The average Bonchev–Trinajstić information content (AvgIpc) is 3.65. The molecule has 0 radical (unpaired) electrons. The normalized spacial score (nSPS) is 17.2. The Morgan fingerprint density at radius 1 is 0.763 bits per heavy atom. The van der Waals surface area contributed by atoms with Crippen molar-refractivity contribution in [3.05, 3.63) is 77.9 Å². The number of hydrogen-bond donors (Lipinski definition) is 0. The second kappa shape index (κ2) is 17.6. The molecule has 2 fully saturated rings. The second-order valence-corrected chi connectivity index (χ2v) is 11.9. The summed E-state index contributed by atoms with van der Waals surface area (Å²) < 4.78 is 1.59. The maximum atomic E-state index is 2.99. The van der Waals surface area contributed by atoms with E-state index >= 15 is 0 Å². The van der Waals surface area contributed by atoms with E-state index in [1.165, 1.54) is 98.6 Å². The summed E-state index contributed by atoms with van der Waals surface area (Å²) in [5.41, 5.74) is 3.17. The molecule has 6 rings (SSSR count). The first-order chi connectivity index (χ1) is 17.7. The standard InChI is InChI=1S/C25H29.C5H5.C5H10.2ClH.Ti/c1-3-7-18(8-4-1)20-11-13-22-15-23-14-12-21(17-25(23)24(22)16-20)19-9-5-2-6-10-19;1-2-4-5-3-1;1-3-5-4-2;;;/h11-19H,1-10H2;1-3H,4H2;3-4H2,1-2H3;2*1H;/q2*-1;;;;+2/p-2. The molecule has 0 nitrogen and oxygen atoms in total. The van der Waals surface area contributed by atoms with E-state index in [0.717, 1.165) is 18.3 Å². The third-order valence-electron chi connectivity index (χ3n) is 8.35. The van der Waals surface area contributed by atoms with E-state index in [0.29, 0.717) is 0 Å². The second-order valence-electron chi connectivity index (χ2n) is 10.8. The van der Waals surface area contributed by atoms with Gasteiger partial charge in [0.25, 0.3) is 0 Å². The van der Waals surface area contributed by atoms with Gasteiger partial charge in [-0.15, -0.1) is 46.2 Å². The summed E-state index contributed by atoms with van der Waals surface area (Å²) in [6, 6.07) is 17.0. The minimum absolute atomic E-state index is 0. The SMILES string of the molecule is CC[C](=[Ti+2])CC.[C-]1=CC=CC1.[Cl-].[Cl-].c1cc2[cH-]c3ccc(C4CCCCC4)cc3c2cc1C1CCCCC1. The zero-order valence-corrected chi connectivity index (χ0v) is 26.4.